The van der Waals surface area contributed by atoms with E-state index in [1.165, 1.54) is 0 Å². The van der Waals surface area contributed by atoms with Gasteiger partial charge in [0.25, 0.3) is 5.91 Å². The van der Waals surface area contributed by atoms with E-state index in [-0.39, 0.29) is 30.0 Å². The first kappa shape index (κ1) is 13.8. The van der Waals surface area contributed by atoms with Crippen molar-refractivity contribution in [2.45, 2.75) is 19.9 Å². The summed E-state index contributed by atoms with van der Waals surface area (Å²) >= 11 is 5.93. The maximum Gasteiger partial charge on any atom is 0.255 e. The Morgan fingerprint density at radius 1 is 1.53 bits per heavy atom. The van der Waals surface area contributed by atoms with Gasteiger partial charge in [-0.15, -0.1) is 0 Å². The third-order valence-corrected chi connectivity index (χ3v) is 2.91. The fourth-order valence-corrected chi connectivity index (χ4v) is 1.71. The molecule has 0 saturated carbocycles. The zero-order valence-corrected chi connectivity index (χ0v) is 10.7. The minimum atomic E-state index is -0.360. The van der Waals surface area contributed by atoms with E-state index in [9.17, 15) is 4.79 Å². The molecule has 0 unspecified atom stereocenters. The summed E-state index contributed by atoms with van der Waals surface area (Å²) < 4.78 is 0. The van der Waals surface area contributed by atoms with Crippen LogP contribution in [-0.4, -0.2) is 23.7 Å². The molecule has 0 radical (unpaired) electrons. The number of nitrogens with two attached hydrogens (primary N) is 1. The summed E-state index contributed by atoms with van der Waals surface area (Å²) in [5, 5.41) is 12.2. The van der Waals surface area contributed by atoms with E-state index in [0.29, 0.717) is 10.7 Å². The Morgan fingerprint density at radius 2 is 2.18 bits per heavy atom. The second-order valence-corrected chi connectivity index (χ2v) is 4.62. The maximum absolute atomic E-state index is 12.0. The normalized spacial score (nSPS) is 12.5. The lowest BCUT2D eigenvalue weighted by atomic mass is 10.0. The zero-order chi connectivity index (χ0) is 13.0. The topological polar surface area (TPSA) is 75.3 Å². The van der Waals surface area contributed by atoms with Crippen molar-refractivity contribution in [3.63, 3.8) is 0 Å². The lowest BCUT2D eigenvalue weighted by Gasteiger charge is -2.20. The predicted molar refractivity (Wildman–Crippen MR) is 69.0 cm³/mol. The molecular formula is C12H17ClN2O2. The first-order valence-corrected chi connectivity index (χ1v) is 5.80. The first-order chi connectivity index (χ1) is 7.97. The van der Waals surface area contributed by atoms with Crippen molar-refractivity contribution in [2.75, 3.05) is 12.3 Å². The standard InChI is InChI=1S/C12H17ClN2O2/c1-7(2)10(6-16)15-12(17)11-8(13)4-3-5-9(11)14/h3-5,7,10,16H,6,14H2,1-2H3,(H,15,17)/t10-/m1/s1. The highest BCUT2D eigenvalue weighted by atomic mass is 35.5. The molecule has 0 aliphatic heterocycles. The number of nitrogen functional groups attached to an aromatic ring is 1. The van der Waals surface area contributed by atoms with Gasteiger partial charge < -0.3 is 16.2 Å². The maximum atomic E-state index is 12.0. The molecule has 1 rings (SSSR count). The minimum absolute atomic E-state index is 0.117. The lowest BCUT2D eigenvalue weighted by Crippen LogP contribution is -2.41. The van der Waals surface area contributed by atoms with Crippen molar-refractivity contribution >= 4 is 23.2 Å². The second-order valence-electron chi connectivity index (χ2n) is 4.21. The van der Waals surface area contributed by atoms with Crippen LogP contribution in [0.4, 0.5) is 5.69 Å². The second kappa shape index (κ2) is 5.89. The quantitative estimate of drug-likeness (QED) is 0.718. The van der Waals surface area contributed by atoms with Gasteiger partial charge in [0, 0.05) is 5.69 Å². The van der Waals surface area contributed by atoms with Crippen LogP contribution in [-0.2, 0) is 0 Å². The molecule has 0 aromatic heterocycles. The van der Waals surface area contributed by atoms with Crippen LogP contribution in [0.1, 0.15) is 24.2 Å². The number of aliphatic hydroxyl groups excluding tert-OH is 1. The molecule has 5 heteroatoms. The van der Waals surface area contributed by atoms with Crippen molar-refractivity contribution in [1.82, 2.24) is 5.32 Å². The zero-order valence-electron chi connectivity index (χ0n) is 9.90. The number of carbonyl (C=O) groups excluding carboxylic acids is 1. The lowest BCUT2D eigenvalue weighted by molar-refractivity contribution is 0.0898. The fraction of sp³-hybridized carbons (Fsp3) is 0.417. The number of anilines is 1. The number of benzene rings is 1. The summed E-state index contributed by atoms with van der Waals surface area (Å²) in [6.45, 7) is 3.71. The number of amides is 1. The Bertz CT molecular complexity index is 387. The van der Waals surface area contributed by atoms with Crippen LogP contribution in [0, 0.1) is 5.92 Å². The smallest absolute Gasteiger partial charge is 0.255 e. The van der Waals surface area contributed by atoms with Crippen molar-refractivity contribution in [3.05, 3.63) is 28.8 Å². The van der Waals surface area contributed by atoms with E-state index >= 15 is 0 Å². The average molecular weight is 257 g/mol. The van der Waals surface area contributed by atoms with Gasteiger partial charge in [0.15, 0.2) is 0 Å². The van der Waals surface area contributed by atoms with Crippen molar-refractivity contribution in [1.29, 1.82) is 0 Å². The summed E-state index contributed by atoms with van der Waals surface area (Å²) in [6, 6.07) is 4.60. The van der Waals surface area contributed by atoms with Crippen LogP contribution >= 0.6 is 11.6 Å². The number of aliphatic hydroxyl groups is 1. The molecule has 0 fully saturated rings. The Morgan fingerprint density at radius 3 is 2.65 bits per heavy atom. The molecule has 0 bridgehead atoms. The van der Waals surface area contributed by atoms with E-state index in [0.717, 1.165) is 0 Å². The molecular weight excluding hydrogens is 240 g/mol. The highest BCUT2D eigenvalue weighted by Gasteiger charge is 2.19. The molecule has 1 aromatic carbocycles. The summed E-state index contributed by atoms with van der Waals surface area (Å²) in [5.41, 5.74) is 6.29. The Hall–Kier alpha value is -1.26. The molecule has 0 aliphatic carbocycles. The van der Waals surface area contributed by atoms with Crippen LogP contribution in [0.25, 0.3) is 0 Å². The van der Waals surface area contributed by atoms with Gasteiger partial charge in [0.05, 0.1) is 23.2 Å². The molecule has 4 N–H and O–H groups in total. The van der Waals surface area contributed by atoms with Gasteiger partial charge in [-0.3, -0.25) is 4.79 Å². The number of nitrogens with one attached hydrogen (secondary N) is 1. The number of hydrogen-bond donors (Lipinski definition) is 3. The summed E-state index contributed by atoms with van der Waals surface area (Å²) in [6.07, 6.45) is 0. The van der Waals surface area contributed by atoms with Crippen molar-refractivity contribution in [3.8, 4) is 0 Å². The number of carbonyl (C=O) groups is 1. The van der Waals surface area contributed by atoms with E-state index in [1.807, 2.05) is 13.8 Å². The third-order valence-electron chi connectivity index (χ3n) is 2.59. The summed E-state index contributed by atoms with van der Waals surface area (Å²) in [5.74, 6) is -0.228. The minimum Gasteiger partial charge on any atom is -0.398 e. The summed E-state index contributed by atoms with van der Waals surface area (Å²) in [7, 11) is 0. The molecule has 0 saturated heterocycles. The first-order valence-electron chi connectivity index (χ1n) is 5.43. The van der Waals surface area contributed by atoms with Crippen LogP contribution < -0.4 is 11.1 Å². The van der Waals surface area contributed by atoms with Crippen LogP contribution in [0.5, 0.6) is 0 Å². The van der Waals surface area contributed by atoms with Gasteiger partial charge in [-0.05, 0) is 18.1 Å². The monoisotopic (exact) mass is 256 g/mol. The molecule has 1 amide bonds. The Kier molecular flexibility index (Phi) is 4.78. The number of halogens is 1. The number of hydrogen-bond acceptors (Lipinski definition) is 3. The average Bonchev–Trinajstić information content (AvgIpc) is 2.25. The van der Waals surface area contributed by atoms with Gasteiger partial charge in [0.1, 0.15) is 0 Å². The van der Waals surface area contributed by atoms with Crippen molar-refractivity contribution in [2.24, 2.45) is 5.92 Å². The molecule has 1 aromatic rings. The highest BCUT2D eigenvalue weighted by molar-refractivity contribution is 6.34. The molecule has 0 spiro atoms. The highest BCUT2D eigenvalue weighted by Crippen LogP contribution is 2.22. The van der Waals surface area contributed by atoms with Gasteiger partial charge in [-0.25, -0.2) is 0 Å². The van der Waals surface area contributed by atoms with E-state index in [2.05, 4.69) is 5.32 Å². The predicted octanol–water partition coefficient (Wildman–Crippen LogP) is 1.67. The van der Waals surface area contributed by atoms with Crippen LogP contribution in [0.15, 0.2) is 18.2 Å². The van der Waals surface area contributed by atoms with Gasteiger partial charge >= 0.3 is 0 Å². The van der Waals surface area contributed by atoms with Gasteiger partial charge in [-0.2, -0.15) is 0 Å². The van der Waals surface area contributed by atoms with Crippen molar-refractivity contribution < 1.29 is 9.90 Å². The SMILES string of the molecule is CC(C)[C@@H](CO)NC(=O)c1c(N)cccc1Cl. The third kappa shape index (κ3) is 3.35. The molecule has 0 heterocycles. The summed E-state index contributed by atoms with van der Waals surface area (Å²) in [4.78, 5) is 12.0. The number of rotatable bonds is 4. The van der Waals surface area contributed by atoms with E-state index in [1.54, 1.807) is 18.2 Å². The molecule has 4 nitrogen and oxygen atoms in total. The molecule has 17 heavy (non-hydrogen) atoms. The van der Waals surface area contributed by atoms with Crippen LogP contribution in [0.3, 0.4) is 0 Å². The Balaban J connectivity index is 2.90. The van der Waals surface area contributed by atoms with Gasteiger partial charge in [0.2, 0.25) is 0 Å². The molecule has 0 aliphatic rings. The van der Waals surface area contributed by atoms with Crippen LogP contribution in [0.2, 0.25) is 5.02 Å². The van der Waals surface area contributed by atoms with Gasteiger partial charge in [-0.1, -0.05) is 31.5 Å². The largest absolute Gasteiger partial charge is 0.398 e. The van der Waals surface area contributed by atoms with E-state index < -0.39 is 0 Å². The van der Waals surface area contributed by atoms with E-state index in [4.69, 9.17) is 22.4 Å². The Labute approximate surface area is 106 Å². The fourth-order valence-electron chi connectivity index (χ4n) is 1.44. The molecule has 1 atom stereocenters. The molecule has 94 valence electrons.